The maximum absolute atomic E-state index is 11.5. The summed E-state index contributed by atoms with van der Waals surface area (Å²) < 4.78 is 5.03. The first-order valence-electron chi connectivity index (χ1n) is 5.36. The fourth-order valence-electron chi connectivity index (χ4n) is 1.45. The highest BCUT2D eigenvalue weighted by Crippen LogP contribution is 2.48. The van der Waals surface area contributed by atoms with E-state index in [4.69, 9.17) is 9.84 Å². The minimum atomic E-state index is -1.01. The van der Waals surface area contributed by atoms with Crippen LogP contribution in [0.5, 0.6) is 0 Å². The van der Waals surface area contributed by atoms with Crippen LogP contribution < -0.4 is 5.32 Å². The van der Waals surface area contributed by atoms with Crippen molar-refractivity contribution < 1.29 is 19.4 Å². The van der Waals surface area contributed by atoms with E-state index >= 15 is 0 Å². The van der Waals surface area contributed by atoms with Crippen LogP contribution in [-0.2, 0) is 9.53 Å². The topological polar surface area (TPSA) is 75.6 Å². The van der Waals surface area contributed by atoms with Gasteiger partial charge >= 0.3 is 12.1 Å². The lowest BCUT2D eigenvalue weighted by Crippen LogP contribution is -2.47. The van der Waals surface area contributed by atoms with Gasteiger partial charge in [-0.05, 0) is 39.0 Å². The highest BCUT2D eigenvalue weighted by molar-refractivity contribution is 5.81. The largest absolute Gasteiger partial charge is 0.480 e. The number of amides is 1. The van der Waals surface area contributed by atoms with Crippen LogP contribution in [0.2, 0.25) is 0 Å². The first-order chi connectivity index (χ1) is 7.14. The number of carbonyl (C=O) groups excluding carboxylic acids is 1. The smallest absolute Gasteiger partial charge is 0.408 e. The SMILES string of the molecule is CC(C)(C)OC(=O)N[C@@H](C(=O)O)C1(C)CC1. The number of carboxylic acid groups (broad SMARTS) is 1. The molecule has 0 saturated heterocycles. The van der Waals surface area contributed by atoms with Crippen molar-refractivity contribution >= 4 is 12.1 Å². The highest BCUT2D eigenvalue weighted by Gasteiger charge is 2.49. The summed E-state index contributed by atoms with van der Waals surface area (Å²) in [6.07, 6.45) is 0.965. The Morgan fingerprint density at radius 3 is 2.19 bits per heavy atom. The lowest BCUT2D eigenvalue weighted by atomic mass is 9.99. The first kappa shape index (κ1) is 12.8. The van der Waals surface area contributed by atoms with Gasteiger partial charge < -0.3 is 15.2 Å². The molecule has 5 nitrogen and oxygen atoms in total. The monoisotopic (exact) mass is 229 g/mol. The molecule has 92 valence electrons. The number of carbonyl (C=O) groups is 2. The van der Waals surface area contributed by atoms with E-state index in [9.17, 15) is 9.59 Å². The standard InChI is InChI=1S/C11H19NO4/c1-10(2,3)16-9(15)12-7(8(13)14)11(4)5-6-11/h7H,5-6H2,1-4H3,(H,12,15)(H,13,14)/t7-/m0/s1. The highest BCUT2D eigenvalue weighted by atomic mass is 16.6. The summed E-state index contributed by atoms with van der Waals surface area (Å²) in [4.78, 5) is 22.5. The van der Waals surface area contributed by atoms with Gasteiger partial charge in [0.25, 0.3) is 0 Å². The number of aliphatic carboxylic acids is 1. The van der Waals surface area contributed by atoms with Gasteiger partial charge in [0.2, 0.25) is 0 Å². The van der Waals surface area contributed by atoms with Crippen LogP contribution in [0.15, 0.2) is 0 Å². The van der Waals surface area contributed by atoms with Gasteiger partial charge in [0.15, 0.2) is 0 Å². The molecule has 1 fully saturated rings. The third-order valence-electron chi connectivity index (χ3n) is 2.64. The van der Waals surface area contributed by atoms with Crippen molar-refractivity contribution in [3.63, 3.8) is 0 Å². The zero-order valence-corrected chi connectivity index (χ0v) is 10.2. The molecule has 0 bridgehead atoms. The number of rotatable bonds is 3. The zero-order chi connectivity index (χ0) is 12.6. The van der Waals surface area contributed by atoms with Crippen LogP contribution in [0, 0.1) is 5.41 Å². The molecular weight excluding hydrogens is 210 g/mol. The van der Waals surface area contributed by atoms with Crippen LogP contribution in [0.4, 0.5) is 4.79 Å². The van der Waals surface area contributed by atoms with E-state index in [0.717, 1.165) is 12.8 Å². The second-order valence-corrected chi connectivity index (χ2v) is 5.57. The summed E-state index contributed by atoms with van der Waals surface area (Å²) >= 11 is 0. The Morgan fingerprint density at radius 1 is 1.38 bits per heavy atom. The number of hydrogen-bond acceptors (Lipinski definition) is 3. The van der Waals surface area contributed by atoms with Crippen molar-refractivity contribution in [2.24, 2.45) is 5.41 Å². The molecule has 0 aromatic carbocycles. The van der Waals surface area contributed by atoms with Crippen LogP contribution >= 0.6 is 0 Å². The average Bonchev–Trinajstić information content (AvgIpc) is 2.76. The minimum Gasteiger partial charge on any atom is -0.480 e. The van der Waals surface area contributed by atoms with Crippen LogP contribution in [-0.4, -0.2) is 28.8 Å². The molecule has 1 saturated carbocycles. The molecule has 1 rings (SSSR count). The lowest BCUT2D eigenvalue weighted by molar-refractivity contribution is -0.141. The van der Waals surface area contributed by atoms with Gasteiger partial charge in [-0.3, -0.25) is 0 Å². The van der Waals surface area contributed by atoms with Crippen molar-refractivity contribution in [1.82, 2.24) is 5.32 Å². The Kier molecular flexibility index (Phi) is 3.17. The predicted octanol–water partition coefficient (Wildman–Crippen LogP) is 1.76. The Labute approximate surface area is 95.2 Å². The predicted molar refractivity (Wildman–Crippen MR) is 58.1 cm³/mol. The van der Waals surface area contributed by atoms with E-state index < -0.39 is 23.7 Å². The molecule has 16 heavy (non-hydrogen) atoms. The lowest BCUT2D eigenvalue weighted by Gasteiger charge is -2.24. The zero-order valence-electron chi connectivity index (χ0n) is 10.2. The van der Waals surface area contributed by atoms with Gasteiger partial charge in [0.1, 0.15) is 11.6 Å². The molecule has 1 aliphatic rings. The molecule has 0 aliphatic heterocycles. The third kappa shape index (κ3) is 3.40. The molecule has 1 amide bonds. The molecule has 1 atom stereocenters. The molecule has 0 spiro atoms. The Bertz CT molecular complexity index is 302. The molecule has 0 heterocycles. The summed E-state index contributed by atoms with van der Waals surface area (Å²) in [5, 5.41) is 11.4. The van der Waals surface area contributed by atoms with E-state index in [1.807, 2.05) is 6.92 Å². The van der Waals surface area contributed by atoms with Crippen LogP contribution in [0.1, 0.15) is 40.5 Å². The van der Waals surface area contributed by atoms with Crippen molar-refractivity contribution in [1.29, 1.82) is 0 Å². The number of nitrogens with one attached hydrogen (secondary N) is 1. The molecule has 0 aromatic heterocycles. The maximum atomic E-state index is 11.5. The van der Waals surface area contributed by atoms with E-state index in [1.54, 1.807) is 20.8 Å². The Balaban J connectivity index is 2.57. The number of ether oxygens (including phenoxy) is 1. The molecule has 5 heteroatoms. The van der Waals surface area contributed by atoms with Gasteiger partial charge in [-0.15, -0.1) is 0 Å². The number of hydrogen-bond donors (Lipinski definition) is 2. The van der Waals surface area contributed by atoms with Crippen molar-refractivity contribution in [2.75, 3.05) is 0 Å². The van der Waals surface area contributed by atoms with E-state index in [1.165, 1.54) is 0 Å². The first-order valence-corrected chi connectivity index (χ1v) is 5.36. The van der Waals surface area contributed by atoms with Gasteiger partial charge in [-0.1, -0.05) is 6.92 Å². The van der Waals surface area contributed by atoms with Gasteiger partial charge in [-0.25, -0.2) is 9.59 Å². The van der Waals surface area contributed by atoms with E-state index in [0.29, 0.717) is 0 Å². The van der Waals surface area contributed by atoms with Gasteiger partial charge in [0.05, 0.1) is 0 Å². The summed E-state index contributed by atoms with van der Waals surface area (Å²) in [7, 11) is 0. The molecule has 0 aromatic rings. The van der Waals surface area contributed by atoms with E-state index in [2.05, 4.69) is 5.32 Å². The molecule has 0 radical (unpaired) electrons. The Morgan fingerprint density at radius 2 is 1.88 bits per heavy atom. The Hall–Kier alpha value is -1.26. The summed E-state index contributed by atoms with van der Waals surface area (Å²) in [6, 6.07) is -0.859. The fourth-order valence-corrected chi connectivity index (χ4v) is 1.45. The van der Waals surface area contributed by atoms with Crippen LogP contribution in [0.25, 0.3) is 0 Å². The number of alkyl carbamates (subject to hydrolysis) is 1. The summed E-state index contributed by atoms with van der Waals surface area (Å²) in [5.41, 5.74) is -0.930. The fraction of sp³-hybridized carbons (Fsp3) is 0.818. The molecule has 2 N–H and O–H groups in total. The summed E-state index contributed by atoms with van der Waals surface area (Å²) in [6.45, 7) is 7.06. The number of carboxylic acids is 1. The second kappa shape index (κ2) is 3.96. The van der Waals surface area contributed by atoms with Crippen molar-refractivity contribution in [2.45, 2.75) is 52.2 Å². The normalized spacial score (nSPS) is 19.8. The molecule has 1 aliphatic carbocycles. The molecular formula is C11H19NO4. The van der Waals surface area contributed by atoms with Gasteiger partial charge in [-0.2, -0.15) is 0 Å². The quantitative estimate of drug-likeness (QED) is 0.773. The third-order valence-corrected chi connectivity index (χ3v) is 2.64. The summed E-state index contributed by atoms with van der Waals surface area (Å²) in [5.74, 6) is -1.01. The maximum Gasteiger partial charge on any atom is 0.408 e. The second-order valence-electron chi connectivity index (χ2n) is 5.57. The van der Waals surface area contributed by atoms with Crippen molar-refractivity contribution in [3.8, 4) is 0 Å². The molecule has 0 unspecified atom stereocenters. The van der Waals surface area contributed by atoms with Gasteiger partial charge in [0, 0.05) is 0 Å². The van der Waals surface area contributed by atoms with Crippen molar-refractivity contribution in [3.05, 3.63) is 0 Å². The van der Waals surface area contributed by atoms with Crippen LogP contribution in [0.3, 0.4) is 0 Å². The average molecular weight is 229 g/mol. The van der Waals surface area contributed by atoms with E-state index in [-0.39, 0.29) is 5.41 Å². The minimum absolute atomic E-state index is 0.317.